The zero-order valence-electron chi connectivity index (χ0n) is 15.5. The van der Waals surface area contributed by atoms with Crippen LogP contribution < -0.4 is 10.0 Å². The van der Waals surface area contributed by atoms with Crippen molar-refractivity contribution in [2.24, 2.45) is 0 Å². The predicted octanol–water partition coefficient (Wildman–Crippen LogP) is 2.70. The van der Waals surface area contributed by atoms with E-state index in [1.807, 2.05) is 36.4 Å². The molecule has 146 valence electrons. The first kappa shape index (κ1) is 19.9. The van der Waals surface area contributed by atoms with E-state index in [2.05, 4.69) is 16.1 Å². The molecule has 1 fully saturated rings. The maximum absolute atomic E-state index is 12.2. The van der Waals surface area contributed by atoms with Gasteiger partial charge in [0.05, 0.1) is 29.0 Å². The van der Waals surface area contributed by atoms with E-state index in [0.29, 0.717) is 5.56 Å². The first-order chi connectivity index (χ1) is 13.3. The molecule has 1 aliphatic rings. The summed E-state index contributed by atoms with van der Waals surface area (Å²) in [6.07, 6.45) is -0.582. The molecule has 28 heavy (non-hydrogen) atoms. The normalized spacial score (nSPS) is 19.6. The van der Waals surface area contributed by atoms with Crippen molar-refractivity contribution >= 4 is 16.1 Å². The van der Waals surface area contributed by atoms with E-state index >= 15 is 0 Å². The molecule has 0 aliphatic carbocycles. The maximum atomic E-state index is 12.2. The Labute approximate surface area is 164 Å². The topological polar surface area (TPSA) is 108 Å². The van der Waals surface area contributed by atoms with Crippen LogP contribution in [-0.2, 0) is 14.8 Å². The van der Waals surface area contributed by atoms with Gasteiger partial charge in [0.1, 0.15) is 6.61 Å². The Morgan fingerprint density at radius 3 is 2.21 bits per heavy atom. The number of amides is 1. The van der Waals surface area contributed by atoms with Crippen LogP contribution in [0.4, 0.5) is 4.79 Å². The maximum Gasteiger partial charge on any atom is 0.407 e. The minimum atomic E-state index is -3.52. The summed E-state index contributed by atoms with van der Waals surface area (Å²) in [5.74, 6) is 0. The third-order valence-corrected chi connectivity index (χ3v) is 6.50. The van der Waals surface area contributed by atoms with Crippen molar-refractivity contribution in [2.45, 2.75) is 31.2 Å². The number of sulfonamides is 1. The fourth-order valence-corrected chi connectivity index (χ4v) is 3.81. The Morgan fingerprint density at radius 2 is 1.68 bits per heavy atom. The monoisotopic (exact) mass is 399 g/mol. The number of nitrogens with one attached hydrogen (secondary N) is 2. The molecule has 1 amide bonds. The number of nitrogens with zero attached hydrogens (tertiary/aromatic N) is 1. The number of hydrogen-bond acceptors (Lipinski definition) is 5. The summed E-state index contributed by atoms with van der Waals surface area (Å²) in [4.78, 5) is 11.7. The van der Waals surface area contributed by atoms with E-state index in [0.717, 1.165) is 16.7 Å². The van der Waals surface area contributed by atoms with Crippen LogP contribution in [-0.4, -0.2) is 32.4 Å². The summed E-state index contributed by atoms with van der Waals surface area (Å²) in [7, 11) is -3.52. The summed E-state index contributed by atoms with van der Waals surface area (Å²) >= 11 is 0. The van der Waals surface area contributed by atoms with Gasteiger partial charge in [-0.05, 0) is 42.7 Å². The fourth-order valence-electron chi connectivity index (χ4n) is 2.92. The number of carbonyl (C=O) groups is 1. The first-order valence-electron chi connectivity index (χ1n) is 8.85. The van der Waals surface area contributed by atoms with Gasteiger partial charge in [0, 0.05) is 0 Å². The van der Waals surface area contributed by atoms with Gasteiger partial charge in [-0.15, -0.1) is 0 Å². The lowest BCUT2D eigenvalue weighted by atomic mass is 9.96. The number of ether oxygens (including phenoxy) is 1. The lowest BCUT2D eigenvalue weighted by molar-refractivity contribution is 0.0996. The van der Waals surface area contributed by atoms with Gasteiger partial charge in [-0.2, -0.15) is 5.26 Å². The highest BCUT2D eigenvalue weighted by Crippen LogP contribution is 2.26. The molecule has 2 atom stereocenters. The van der Waals surface area contributed by atoms with Crippen molar-refractivity contribution in [3.05, 3.63) is 59.7 Å². The van der Waals surface area contributed by atoms with Gasteiger partial charge < -0.3 is 10.1 Å². The minimum absolute atomic E-state index is 0.0418. The smallest absolute Gasteiger partial charge is 0.407 e. The van der Waals surface area contributed by atoms with Gasteiger partial charge in [0.25, 0.3) is 0 Å². The Bertz CT molecular complexity index is 993. The molecule has 1 aliphatic heterocycles. The van der Waals surface area contributed by atoms with Crippen LogP contribution >= 0.6 is 0 Å². The van der Waals surface area contributed by atoms with E-state index in [4.69, 9.17) is 10.00 Å². The molecule has 0 radical (unpaired) electrons. The van der Waals surface area contributed by atoms with Crippen molar-refractivity contribution < 1.29 is 17.9 Å². The molecule has 1 heterocycles. The van der Waals surface area contributed by atoms with Crippen LogP contribution in [0.25, 0.3) is 11.1 Å². The van der Waals surface area contributed by atoms with Crippen molar-refractivity contribution in [1.82, 2.24) is 10.0 Å². The zero-order chi connectivity index (χ0) is 20.3. The SMILES string of the molecule is CC(C)S(=O)(=O)NC1COC(=O)NC1c1ccc(-c2ccc(C#N)cc2)cc1. The average Bonchev–Trinajstić information content (AvgIpc) is 2.69. The van der Waals surface area contributed by atoms with Gasteiger partial charge in [-0.3, -0.25) is 0 Å². The predicted molar refractivity (Wildman–Crippen MR) is 105 cm³/mol. The number of alkyl carbamates (subject to hydrolysis) is 1. The molecule has 2 aromatic carbocycles. The van der Waals surface area contributed by atoms with E-state index < -0.39 is 33.5 Å². The lowest BCUT2D eigenvalue weighted by Gasteiger charge is -2.33. The van der Waals surface area contributed by atoms with Crippen molar-refractivity contribution in [1.29, 1.82) is 5.26 Å². The molecular formula is C20H21N3O4S. The Kier molecular flexibility index (Phi) is 5.68. The molecule has 0 spiro atoms. The fraction of sp³-hybridized carbons (Fsp3) is 0.300. The first-order valence-corrected chi connectivity index (χ1v) is 10.4. The molecule has 0 aromatic heterocycles. The van der Waals surface area contributed by atoms with Gasteiger partial charge >= 0.3 is 6.09 Å². The molecule has 2 unspecified atom stereocenters. The Hall–Kier alpha value is -2.89. The summed E-state index contributed by atoms with van der Waals surface area (Å²) < 4.78 is 32.1. The highest BCUT2D eigenvalue weighted by Gasteiger charge is 2.34. The third-order valence-electron chi connectivity index (χ3n) is 4.62. The third kappa shape index (κ3) is 4.32. The zero-order valence-corrected chi connectivity index (χ0v) is 16.4. The number of nitriles is 1. The highest BCUT2D eigenvalue weighted by molar-refractivity contribution is 7.90. The largest absolute Gasteiger partial charge is 0.448 e. The molecule has 3 rings (SSSR count). The summed E-state index contributed by atoms with van der Waals surface area (Å²) in [6, 6.07) is 15.7. The number of benzene rings is 2. The molecule has 2 aromatic rings. The molecule has 0 saturated carbocycles. The second-order valence-electron chi connectivity index (χ2n) is 6.85. The number of hydrogen-bond donors (Lipinski definition) is 2. The van der Waals surface area contributed by atoms with Gasteiger partial charge in [0.2, 0.25) is 10.0 Å². The second-order valence-corrected chi connectivity index (χ2v) is 9.12. The van der Waals surface area contributed by atoms with Gasteiger partial charge in [-0.25, -0.2) is 17.9 Å². The molecule has 2 N–H and O–H groups in total. The number of cyclic esters (lactones) is 1. The quantitative estimate of drug-likeness (QED) is 0.804. The molecule has 1 saturated heterocycles. The van der Waals surface area contributed by atoms with E-state index in [-0.39, 0.29) is 6.61 Å². The lowest BCUT2D eigenvalue weighted by Crippen LogP contribution is -2.54. The van der Waals surface area contributed by atoms with E-state index in [1.165, 1.54) is 0 Å². The summed E-state index contributed by atoms with van der Waals surface area (Å²) in [5, 5.41) is 11.0. The van der Waals surface area contributed by atoms with Gasteiger partial charge in [-0.1, -0.05) is 36.4 Å². The van der Waals surface area contributed by atoms with Crippen molar-refractivity contribution in [3.8, 4) is 17.2 Å². The molecule has 7 nitrogen and oxygen atoms in total. The van der Waals surface area contributed by atoms with E-state index in [9.17, 15) is 13.2 Å². The van der Waals surface area contributed by atoms with Crippen LogP contribution in [0.15, 0.2) is 48.5 Å². The second kappa shape index (κ2) is 8.00. The van der Waals surface area contributed by atoms with Crippen molar-refractivity contribution in [3.63, 3.8) is 0 Å². The Morgan fingerprint density at radius 1 is 1.11 bits per heavy atom. The molecule has 8 heteroatoms. The minimum Gasteiger partial charge on any atom is -0.448 e. The highest BCUT2D eigenvalue weighted by atomic mass is 32.2. The standard InChI is InChI=1S/C20H21N3O4S/c1-13(2)28(25,26)23-18-12-27-20(24)22-19(18)17-9-7-16(8-10-17)15-5-3-14(11-21)4-6-15/h3-10,13,18-19,23H,12H2,1-2H3,(H,22,24). The van der Waals surface area contributed by atoms with Crippen LogP contribution in [0.1, 0.15) is 31.0 Å². The Balaban J connectivity index is 1.84. The van der Waals surface area contributed by atoms with Crippen LogP contribution in [0, 0.1) is 11.3 Å². The summed E-state index contributed by atoms with van der Waals surface area (Å²) in [6.45, 7) is 3.14. The van der Waals surface area contributed by atoms with Crippen LogP contribution in [0.3, 0.4) is 0 Å². The van der Waals surface area contributed by atoms with Gasteiger partial charge in [0.15, 0.2) is 0 Å². The average molecular weight is 399 g/mol. The number of rotatable bonds is 5. The van der Waals surface area contributed by atoms with Crippen molar-refractivity contribution in [2.75, 3.05) is 6.61 Å². The molecular weight excluding hydrogens is 378 g/mol. The van der Waals surface area contributed by atoms with Crippen LogP contribution in [0.5, 0.6) is 0 Å². The van der Waals surface area contributed by atoms with Crippen LogP contribution in [0.2, 0.25) is 0 Å². The molecule has 0 bridgehead atoms. The number of carbonyl (C=O) groups excluding carboxylic acids is 1. The summed E-state index contributed by atoms with van der Waals surface area (Å²) in [5.41, 5.74) is 3.26. The van der Waals surface area contributed by atoms with E-state index in [1.54, 1.807) is 26.0 Å².